The van der Waals surface area contributed by atoms with Gasteiger partial charge in [0.15, 0.2) is 0 Å². The van der Waals surface area contributed by atoms with Gasteiger partial charge in [-0.2, -0.15) is 0 Å². The van der Waals surface area contributed by atoms with E-state index in [1.54, 1.807) is 0 Å². The Morgan fingerprint density at radius 1 is 1.80 bits per heavy atom. The van der Waals surface area contributed by atoms with Crippen LogP contribution >= 0.6 is 45.2 Å². The molecule has 0 saturated carbocycles. The van der Waals surface area contributed by atoms with Crippen LogP contribution in [-0.2, 0) is 0 Å². The molecule has 0 aromatic heterocycles. The molecule has 0 aliphatic heterocycles. The predicted octanol–water partition coefficient (Wildman–Crippen LogP) is 2.72. The van der Waals surface area contributed by atoms with Gasteiger partial charge in [0.05, 0.1) is 0 Å². The molecule has 0 atom stereocenters. The highest BCUT2D eigenvalue weighted by molar-refractivity contribution is 14.1. The number of allylic oxidation sites excluding steroid dienone is 1. The Balaban J connectivity index is 3.14. The first-order chi connectivity index (χ1) is 2.27. The standard InChI is InChI=1S/C3H4I2/c1-3(5)2-4/h2H,1H3. The monoisotopic (exact) mass is 294 g/mol. The summed E-state index contributed by atoms with van der Waals surface area (Å²) in [5.74, 6) is 0. The van der Waals surface area contributed by atoms with E-state index < -0.39 is 0 Å². The fourth-order valence-electron chi connectivity index (χ4n) is 0. The molecule has 5 heavy (non-hydrogen) atoms. The second-order valence-corrected chi connectivity index (χ2v) is 3.02. The second-order valence-electron chi connectivity index (χ2n) is 0.696. The van der Waals surface area contributed by atoms with Gasteiger partial charge >= 0.3 is 0 Å². The van der Waals surface area contributed by atoms with Gasteiger partial charge in [-0.25, -0.2) is 0 Å². The van der Waals surface area contributed by atoms with Gasteiger partial charge in [-0.3, -0.25) is 0 Å². The molecule has 0 rings (SSSR count). The summed E-state index contributed by atoms with van der Waals surface area (Å²) in [6.07, 6.45) is 0. The van der Waals surface area contributed by atoms with E-state index in [0.29, 0.717) is 0 Å². The first-order valence-corrected chi connectivity index (χ1v) is 3.52. The molecule has 0 nitrogen and oxygen atoms in total. The smallest absolute Gasteiger partial charge is 0.00645 e. The van der Waals surface area contributed by atoms with Crippen molar-refractivity contribution in [1.29, 1.82) is 0 Å². The third kappa shape index (κ3) is 5.20. The zero-order valence-electron chi connectivity index (χ0n) is 2.83. The summed E-state index contributed by atoms with van der Waals surface area (Å²) in [7, 11) is 0. The van der Waals surface area contributed by atoms with E-state index in [1.165, 1.54) is 3.58 Å². The van der Waals surface area contributed by atoms with Crippen LogP contribution in [0.1, 0.15) is 6.92 Å². The van der Waals surface area contributed by atoms with Crippen molar-refractivity contribution < 1.29 is 0 Å². The summed E-state index contributed by atoms with van der Waals surface area (Å²) in [6, 6.07) is 0. The highest BCUT2D eigenvalue weighted by atomic mass is 127. The van der Waals surface area contributed by atoms with Crippen LogP contribution in [-0.4, -0.2) is 0 Å². The Hall–Kier alpha value is 1.20. The van der Waals surface area contributed by atoms with Gasteiger partial charge in [-0.1, -0.05) is 22.6 Å². The van der Waals surface area contributed by atoms with Crippen molar-refractivity contribution in [2.75, 3.05) is 0 Å². The first-order valence-electron chi connectivity index (χ1n) is 1.20. The van der Waals surface area contributed by atoms with Crippen LogP contribution in [0.2, 0.25) is 0 Å². The Morgan fingerprint density at radius 3 is 2.00 bits per heavy atom. The Morgan fingerprint density at radius 2 is 2.00 bits per heavy atom. The number of rotatable bonds is 0. The van der Waals surface area contributed by atoms with Crippen molar-refractivity contribution >= 4 is 45.2 Å². The highest BCUT2D eigenvalue weighted by Gasteiger charge is 1.65. The van der Waals surface area contributed by atoms with Gasteiger partial charge in [0.2, 0.25) is 0 Å². The SMILES string of the molecule is CC(I)=CI. The highest BCUT2D eigenvalue weighted by Crippen LogP contribution is 2.04. The van der Waals surface area contributed by atoms with Gasteiger partial charge < -0.3 is 0 Å². The molecule has 0 saturated heterocycles. The summed E-state index contributed by atoms with van der Waals surface area (Å²) >= 11 is 4.47. The van der Waals surface area contributed by atoms with Gasteiger partial charge in [-0.15, -0.1) is 0 Å². The predicted molar refractivity (Wildman–Crippen MR) is 41.8 cm³/mol. The number of halogens is 2. The van der Waals surface area contributed by atoms with Crippen molar-refractivity contribution in [2.24, 2.45) is 0 Å². The topological polar surface area (TPSA) is 0 Å². The maximum Gasteiger partial charge on any atom is -0.00645 e. The molecule has 0 aliphatic rings. The summed E-state index contributed by atoms with van der Waals surface area (Å²) in [5, 5.41) is 0. The van der Waals surface area contributed by atoms with Crippen molar-refractivity contribution in [3.05, 3.63) is 7.66 Å². The van der Waals surface area contributed by atoms with E-state index in [-0.39, 0.29) is 0 Å². The van der Waals surface area contributed by atoms with Crippen molar-refractivity contribution in [3.8, 4) is 0 Å². The molecule has 0 heterocycles. The van der Waals surface area contributed by atoms with Gasteiger partial charge in [0.25, 0.3) is 0 Å². The molecule has 30 valence electrons. The van der Waals surface area contributed by atoms with Crippen LogP contribution in [0.3, 0.4) is 0 Å². The second kappa shape index (κ2) is 3.39. The third-order valence-corrected chi connectivity index (χ3v) is 2.59. The van der Waals surface area contributed by atoms with Crippen molar-refractivity contribution in [3.63, 3.8) is 0 Å². The van der Waals surface area contributed by atoms with Crippen molar-refractivity contribution in [2.45, 2.75) is 6.92 Å². The maximum absolute atomic E-state index is 2.26. The fraction of sp³-hybridized carbons (Fsp3) is 0.333. The molecule has 0 aromatic carbocycles. The van der Waals surface area contributed by atoms with E-state index in [2.05, 4.69) is 52.1 Å². The van der Waals surface area contributed by atoms with Crippen LogP contribution in [0.25, 0.3) is 0 Å². The van der Waals surface area contributed by atoms with Crippen LogP contribution in [0, 0.1) is 0 Å². The molecule has 0 aromatic rings. The molecule has 0 spiro atoms. The minimum absolute atomic E-state index is 1.34. The molecule has 0 amide bonds. The lowest BCUT2D eigenvalue weighted by atomic mass is 10.8. The minimum atomic E-state index is 1.34. The van der Waals surface area contributed by atoms with E-state index in [4.69, 9.17) is 0 Å². The molecule has 0 fully saturated rings. The molecule has 0 aliphatic carbocycles. The maximum atomic E-state index is 2.26. The van der Waals surface area contributed by atoms with E-state index in [0.717, 1.165) is 0 Å². The van der Waals surface area contributed by atoms with E-state index >= 15 is 0 Å². The first kappa shape index (κ1) is 6.20. The molecular formula is C3H4I2. The number of hydrogen-bond donors (Lipinski definition) is 0. The van der Waals surface area contributed by atoms with Gasteiger partial charge in [-0.05, 0) is 37.2 Å². The van der Waals surface area contributed by atoms with Gasteiger partial charge in [0.1, 0.15) is 0 Å². The minimum Gasteiger partial charge on any atom is -0.0522 e. The average molecular weight is 294 g/mol. The number of hydrogen-bond acceptors (Lipinski definition) is 0. The average Bonchev–Trinajstić information content (AvgIpc) is 1.38. The van der Waals surface area contributed by atoms with Crippen molar-refractivity contribution in [1.82, 2.24) is 0 Å². The summed E-state index contributed by atoms with van der Waals surface area (Å²) in [6.45, 7) is 2.06. The molecule has 0 bridgehead atoms. The lowest BCUT2D eigenvalue weighted by Crippen LogP contribution is -1.39. The zero-order chi connectivity index (χ0) is 4.28. The largest absolute Gasteiger partial charge is 0.0522 e. The molecule has 0 unspecified atom stereocenters. The molecule has 0 radical (unpaired) electrons. The lowest BCUT2D eigenvalue weighted by molar-refractivity contribution is 1.77. The van der Waals surface area contributed by atoms with Crippen LogP contribution in [0.15, 0.2) is 7.66 Å². The van der Waals surface area contributed by atoms with Crippen LogP contribution in [0.4, 0.5) is 0 Å². The van der Waals surface area contributed by atoms with Gasteiger partial charge in [0, 0.05) is 0 Å². The Bertz CT molecular complexity index is 42.9. The van der Waals surface area contributed by atoms with E-state index in [1.807, 2.05) is 4.08 Å². The lowest BCUT2D eigenvalue weighted by Gasteiger charge is -1.69. The third-order valence-electron chi connectivity index (χ3n) is 0.150. The molecular weight excluding hydrogens is 290 g/mol. The Kier molecular flexibility index (Phi) is 4.21. The zero-order valence-corrected chi connectivity index (χ0v) is 7.15. The quantitative estimate of drug-likeness (QED) is 0.603. The van der Waals surface area contributed by atoms with E-state index in [9.17, 15) is 0 Å². The molecule has 2 heteroatoms. The van der Waals surface area contributed by atoms with Crippen LogP contribution in [0.5, 0.6) is 0 Å². The summed E-state index contributed by atoms with van der Waals surface area (Å²) in [4.78, 5) is 0. The summed E-state index contributed by atoms with van der Waals surface area (Å²) in [5.41, 5.74) is 0. The fourth-order valence-corrected chi connectivity index (χ4v) is 0. The Labute approximate surface area is 59.3 Å². The normalized spacial score (nSPS) is 12.2. The summed E-state index contributed by atoms with van der Waals surface area (Å²) < 4.78 is 3.38. The molecule has 0 N–H and O–H groups in total. The van der Waals surface area contributed by atoms with Crippen LogP contribution < -0.4 is 0 Å².